The lowest BCUT2D eigenvalue weighted by Crippen LogP contribution is -2.58. The van der Waals surface area contributed by atoms with Crippen LogP contribution in [-0.2, 0) is 44.3 Å². The first-order valence-electron chi connectivity index (χ1n) is 43.2. The molecule has 3 heterocycles. The van der Waals surface area contributed by atoms with E-state index in [0.717, 1.165) is 160 Å². The SMILES string of the molecule is C.CC(C)(O)c1ccc2c(c1)ncn2CC(=O)[C@H]1CC[C@H]2[C@@H]3CC[C@@H]4C[C@](C)(O)CC[C@]4(F)[C@H]3CC[C@]12C.CC(C)(O)c1ccc2nc[nH]c2c1.C[C@@]1(O)CC[C@@]2(F)[C@H](CC[C@H]3[C@@H]4CC[C@H](C(=O)CBr)[C@@]4(C)CC[C@@H]32)C1.[CH2+]C(C)(O)c1ccc2ncn(CC(=O)[C@H]3CC[C@H]4[C@@H]5CC[C@@H]6C[C@](C)(O)CC[C@]6(F)[C@H]5CC[C@]34C)c2c1. The highest BCUT2D eigenvalue weighted by molar-refractivity contribution is 9.09. The molecule has 0 bridgehead atoms. The number of hydrogen-bond donors (Lipinski definition) is 7. The van der Waals surface area contributed by atoms with Crippen LogP contribution < -0.4 is 0 Å². The second-order valence-corrected chi connectivity index (χ2v) is 42.1. The van der Waals surface area contributed by atoms with Gasteiger partial charge in [0.15, 0.2) is 11.6 Å². The van der Waals surface area contributed by atoms with Crippen molar-refractivity contribution in [2.75, 3.05) is 5.33 Å². The molecule has 15 nitrogen and oxygen atoms in total. The summed E-state index contributed by atoms with van der Waals surface area (Å²) in [6.07, 6.45) is 27.3. The molecule has 12 aliphatic carbocycles. The Morgan fingerprint density at radius 2 is 0.841 bits per heavy atom. The maximum Gasteiger partial charge on any atom is 0.225 e. The van der Waals surface area contributed by atoms with E-state index < -0.39 is 50.6 Å². The summed E-state index contributed by atoms with van der Waals surface area (Å²) in [7, 11) is 0. The fourth-order valence-corrected chi connectivity index (χ4v) is 28.0. The number of fused-ring (bicyclic) bond motifs is 18. The van der Waals surface area contributed by atoms with Gasteiger partial charge in [0.25, 0.3) is 0 Å². The molecule has 12 aliphatic rings. The molecular weight excluding hydrogens is 1490 g/mol. The predicted molar refractivity (Wildman–Crippen MR) is 441 cm³/mol. The van der Waals surface area contributed by atoms with Gasteiger partial charge in [0.05, 0.1) is 105 Å². The highest BCUT2D eigenvalue weighted by atomic mass is 79.9. The molecule has 0 saturated heterocycles. The van der Waals surface area contributed by atoms with Crippen LogP contribution in [0.5, 0.6) is 0 Å². The van der Waals surface area contributed by atoms with Crippen molar-refractivity contribution in [1.29, 1.82) is 0 Å². The minimum atomic E-state index is -1.21. The summed E-state index contributed by atoms with van der Waals surface area (Å²) < 4.78 is 53.3. The van der Waals surface area contributed by atoms with Crippen LogP contribution in [0.3, 0.4) is 0 Å². The lowest BCUT2D eigenvalue weighted by atomic mass is 9.48. The van der Waals surface area contributed by atoms with Crippen molar-refractivity contribution in [2.45, 2.75) is 321 Å². The number of aromatic amines is 1. The normalized spacial score (nSPS) is 41.4. The zero-order valence-corrected chi connectivity index (χ0v) is 70.3. The van der Waals surface area contributed by atoms with Crippen LogP contribution in [0.4, 0.5) is 13.2 Å². The first-order valence-corrected chi connectivity index (χ1v) is 44.3. The minimum absolute atomic E-state index is 0. The van der Waals surface area contributed by atoms with E-state index >= 15 is 13.2 Å². The van der Waals surface area contributed by atoms with Crippen LogP contribution in [0.2, 0.25) is 0 Å². The average Bonchev–Trinajstić information content (AvgIpc) is 1.71. The number of carbonyl (C=O) groups excluding carboxylic acids is 3. The van der Waals surface area contributed by atoms with Gasteiger partial charge >= 0.3 is 0 Å². The number of aliphatic hydroxyl groups is 6. The minimum Gasteiger partial charge on any atom is -0.390 e. The Labute approximate surface area is 678 Å². The number of nitrogens with one attached hydrogen (secondary N) is 1. The largest absolute Gasteiger partial charge is 0.390 e. The van der Waals surface area contributed by atoms with Crippen LogP contribution in [0.15, 0.2) is 73.6 Å². The number of imidazole rings is 3. The Bertz CT molecular complexity index is 4490. The topological polar surface area (TPSA) is 237 Å². The first kappa shape index (κ1) is 84.4. The van der Waals surface area contributed by atoms with Crippen molar-refractivity contribution >= 4 is 66.4 Å². The van der Waals surface area contributed by atoms with Gasteiger partial charge in [-0.05, 0) is 363 Å². The lowest BCUT2D eigenvalue weighted by Gasteiger charge is -2.59. The maximum absolute atomic E-state index is 16.6. The Balaban J connectivity index is 0.000000131. The number of benzene rings is 3. The molecular formula is C94H133BrF3N6O9+. The summed E-state index contributed by atoms with van der Waals surface area (Å²) in [5.74, 6) is 3.75. The third-order valence-electron chi connectivity index (χ3n) is 33.6. The molecule has 620 valence electrons. The summed E-state index contributed by atoms with van der Waals surface area (Å²) in [6, 6.07) is 17.1. The van der Waals surface area contributed by atoms with Crippen molar-refractivity contribution < 1.29 is 58.2 Å². The van der Waals surface area contributed by atoms with E-state index in [1.165, 1.54) is 0 Å². The third kappa shape index (κ3) is 15.3. The number of Topliss-reactive ketones (excluding diaryl/α,β-unsaturated/α-hetero) is 3. The van der Waals surface area contributed by atoms with Gasteiger partial charge in [-0.3, -0.25) is 14.4 Å². The van der Waals surface area contributed by atoms with Crippen molar-refractivity contribution in [2.24, 2.45) is 105 Å². The first-order chi connectivity index (χ1) is 52.4. The number of carbonyl (C=O) groups is 3. The molecule has 0 radical (unpaired) electrons. The fourth-order valence-electron chi connectivity index (χ4n) is 27.6. The summed E-state index contributed by atoms with van der Waals surface area (Å²) in [5.41, 5.74) is -0.916. The van der Waals surface area contributed by atoms with Gasteiger partial charge in [-0.25, -0.2) is 28.1 Å². The van der Waals surface area contributed by atoms with Crippen molar-refractivity contribution in [1.82, 2.24) is 29.1 Å². The molecule has 3 aromatic heterocycles. The number of hydrogen-bond acceptors (Lipinski definition) is 12. The second kappa shape index (κ2) is 30.0. The Morgan fingerprint density at radius 1 is 0.460 bits per heavy atom. The van der Waals surface area contributed by atoms with E-state index in [2.05, 4.69) is 63.6 Å². The number of ketones is 3. The van der Waals surface area contributed by atoms with Gasteiger partial charge in [0.1, 0.15) is 22.8 Å². The Morgan fingerprint density at radius 3 is 1.26 bits per heavy atom. The summed E-state index contributed by atoms with van der Waals surface area (Å²) in [4.78, 5) is 56.1. The molecule has 12 fully saturated rings. The van der Waals surface area contributed by atoms with Crippen molar-refractivity contribution in [3.63, 3.8) is 0 Å². The quantitative estimate of drug-likeness (QED) is 0.0474. The smallest absolute Gasteiger partial charge is 0.225 e. The molecule has 18 rings (SSSR count). The molecule has 19 heteroatoms. The highest BCUT2D eigenvalue weighted by Gasteiger charge is 2.68. The van der Waals surface area contributed by atoms with Gasteiger partial charge in [-0.15, -0.1) is 0 Å². The standard InChI is InChI=1S/C31H43FN2O3.C31H42FN2O3.C21H32BrFO2.C10H12N2O.CH4/c1-28(2,36)19-6-10-26-25(15-19)33-18-34(26)17-27(35)24-9-8-22-21-7-5-20-16-29(3,37)13-14-31(20,32)23(21)11-12-30(22,24)4;1-28(2,36)19-6-10-25-26(15-19)34(18-33-25)17-27(35)24-9-8-22-21-7-5-20-16-29(3,37)13-14-31(20,32)23(21)11-12-30(22,24)4;1-19(25)9-10-21(23)13(11-19)3-4-14-15-5-6-17(18(24)12-22)20(15,2)8-7-16(14)21;1-10(2,13)7-3-4-8-9(5-7)12-6-11-8;/h6,10,15,18,20-24,36-37H,5,7-9,11-14,16-17H2,1-4H3;6,10,15,18,20-24,36-37H,1,5,7-9,11-14,16-17H2,2-4H3;13-17,25H,3-12H2,1-2H3;3-6,13H,1-2H3,(H,11,12);1H4/q;+1;;;/t20-,21+,22+,23+,24-,29-,30+,31-;20-,21+,22+,23+,24-,28?,29-,30+,31-;13-,14+,15+,16+,17-,19-,20+,21-;;/m111../s1. The van der Waals surface area contributed by atoms with E-state index in [9.17, 15) is 45.0 Å². The van der Waals surface area contributed by atoms with E-state index in [1.54, 1.807) is 53.6 Å². The third-order valence-corrected chi connectivity index (χ3v) is 34.1. The average molecular weight is 1630 g/mol. The molecule has 0 spiro atoms. The molecule has 1 unspecified atom stereocenters. The Kier molecular flexibility index (Phi) is 22.5. The molecule has 12 saturated carbocycles. The molecule has 0 amide bonds. The molecule has 7 N–H and O–H groups in total. The molecule has 25 atom stereocenters. The van der Waals surface area contributed by atoms with Gasteiger partial charge in [0, 0.05) is 30.2 Å². The highest BCUT2D eigenvalue weighted by Crippen LogP contribution is 2.70. The molecule has 0 aliphatic heterocycles. The molecule has 3 aromatic carbocycles. The van der Waals surface area contributed by atoms with Crippen LogP contribution in [0, 0.1) is 112 Å². The summed E-state index contributed by atoms with van der Waals surface area (Å²) >= 11 is 3.37. The molecule has 6 aromatic rings. The number of halogens is 4. The van der Waals surface area contributed by atoms with Gasteiger partial charge in [-0.1, -0.05) is 56.3 Å². The maximum atomic E-state index is 16.6. The number of H-pyrrole nitrogens is 1. The second-order valence-electron chi connectivity index (χ2n) is 41.6. The molecule has 113 heavy (non-hydrogen) atoms. The number of nitrogens with zero attached hydrogens (tertiary/aromatic N) is 5. The van der Waals surface area contributed by atoms with E-state index in [-0.39, 0.29) is 95.0 Å². The van der Waals surface area contributed by atoms with Crippen LogP contribution in [0.25, 0.3) is 33.1 Å². The van der Waals surface area contributed by atoms with Crippen LogP contribution in [0.1, 0.15) is 274 Å². The van der Waals surface area contributed by atoms with Gasteiger partial charge < -0.3 is 44.8 Å². The van der Waals surface area contributed by atoms with Gasteiger partial charge in [-0.2, -0.15) is 0 Å². The lowest BCUT2D eigenvalue weighted by molar-refractivity contribution is -0.166. The fraction of sp³-hybridized carbons (Fsp3) is 0.734. The van der Waals surface area contributed by atoms with Crippen molar-refractivity contribution in [3.8, 4) is 0 Å². The monoisotopic (exact) mass is 1630 g/mol. The Hall–Kier alpha value is -5.02. The van der Waals surface area contributed by atoms with Crippen LogP contribution >= 0.6 is 15.9 Å². The number of rotatable bonds is 11. The number of alkyl halides is 4. The van der Waals surface area contributed by atoms with Crippen LogP contribution in [-0.4, -0.2) is 116 Å². The van der Waals surface area contributed by atoms with E-state index in [4.69, 9.17) is 0 Å². The zero-order chi connectivity index (χ0) is 80.3. The summed E-state index contributed by atoms with van der Waals surface area (Å²) in [6.45, 7) is 25.7. The van der Waals surface area contributed by atoms with Crippen molar-refractivity contribution in [3.05, 3.63) is 97.2 Å². The predicted octanol–water partition coefficient (Wildman–Crippen LogP) is 19.2. The number of aromatic nitrogens is 6. The van der Waals surface area contributed by atoms with E-state index in [1.807, 2.05) is 84.5 Å². The van der Waals surface area contributed by atoms with Gasteiger partial charge in [0.2, 0.25) is 5.60 Å². The van der Waals surface area contributed by atoms with E-state index in [0.29, 0.717) is 117 Å². The zero-order valence-electron chi connectivity index (χ0n) is 68.7. The summed E-state index contributed by atoms with van der Waals surface area (Å²) in [5, 5.41) is 62.6.